The number of carbonyl (C=O) groups excluding carboxylic acids is 2. The van der Waals surface area contributed by atoms with Crippen LogP contribution >= 0.6 is 24.8 Å². The van der Waals surface area contributed by atoms with E-state index in [1.165, 1.54) is 12.8 Å². The second kappa shape index (κ2) is 12.3. The van der Waals surface area contributed by atoms with E-state index in [2.05, 4.69) is 24.2 Å². The SMILES string of the molecule is CC(C1CCN(C)CC1)N(C)C(=O)C(=O)N1CCC(C2CCNCC2)CC1.Cl.Cl. The fourth-order valence-electron chi connectivity index (χ4n) is 5.19. The second-order valence-electron chi connectivity index (χ2n) is 9.01. The quantitative estimate of drug-likeness (QED) is 0.669. The summed E-state index contributed by atoms with van der Waals surface area (Å²) in [5.74, 6) is 1.41. The number of hydrogen-bond donors (Lipinski definition) is 1. The van der Waals surface area contributed by atoms with Gasteiger partial charge in [-0.1, -0.05) is 0 Å². The van der Waals surface area contributed by atoms with Gasteiger partial charge in [0.25, 0.3) is 0 Å². The van der Waals surface area contributed by atoms with Gasteiger partial charge in [-0.15, -0.1) is 24.8 Å². The van der Waals surface area contributed by atoms with Crippen molar-refractivity contribution in [2.45, 2.75) is 51.5 Å². The fourth-order valence-corrected chi connectivity index (χ4v) is 5.19. The van der Waals surface area contributed by atoms with Gasteiger partial charge in [0.2, 0.25) is 0 Å². The monoisotopic (exact) mass is 450 g/mol. The molecule has 0 aromatic heterocycles. The molecule has 0 saturated carbocycles. The summed E-state index contributed by atoms with van der Waals surface area (Å²) in [6.07, 6.45) is 6.83. The number of hydrogen-bond acceptors (Lipinski definition) is 4. The maximum absolute atomic E-state index is 12.8. The third kappa shape index (κ3) is 6.71. The minimum Gasteiger partial charge on any atom is -0.335 e. The van der Waals surface area contributed by atoms with Crippen molar-refractivity contribution in [2.24, 2.45) is 17.8 Å². The van der Waals surface area contributed by atoms with Crippen molar-refractivity contribution in [1.82, 2.24) is 20.0 Å². The third-order valence-electron chi connectivity index (χ3n) is 7.44. The smallest absolute Gasteiger partial charge is 0.312 e. The largest absolute Gasteiger partial charge is 0.335 e. The van der Waals surface area contributed by atoms with Crippen molar-refractivity contribution >= 4 is 36.6 Å². The molecule has 170 valence electrons. The summed E-state index contributed by atoms with van der Waals surface area (Å²) in [5.41, 5.74) is 0. The lowest BCUT2D eigenvalue weighted by Crippen LogP contribution is -2.51. The summed E-state index contributed by atoms with van der Waals surface area (Å²) in [5, 5.41) is 3.43. The molecule has 1 atom stereocenters. The molecule has 3 aliphatic rings. The number of likely N-dealkylation sites (N-methyl/N-ethyl adjacent to an activating group) is 1. The van der Waals surface area contributed by atoms with Crippen LogP contribution in [0.25, 0.3) is 0 Å². The van der Waals surface area contributed by atoms with E-state index in [4.69, 9.17) is 0 Å². The Balaban J connectivity index is 0.00000210. The molecule has 3 fully saturated rings. The molecular formula is C21H40Cl2N4O2. The van der Waals surface area contributed by atoms with Crippen molar-refractivity contribution in [3.8, 4) is 0 Å². The highest BCUT2D eigenvalue weighted by molar-refractivity contribution is 6.34. The number of piperidine rings is 3. The van der Waals surface area contributed by atoms with Crippen molar-refractivity contribution in [1.29, 1.82) is 0 Å². The van der Waals surface area contributed by atoms with Gasteiger partial charge in [-0.2, -0.15) is 0 Å². The van der Waals surface area contributed by atoms with Crippen LogP contribution in [0.5, 0.6) is 0 Å². The lowest BCUT2D eigenvalue weighted by molar-refractivity contribution is -0.153. The molecule has 0 bridgehead atoms. The molecular weight excluding hydrogens is 411 g/mol. The Kier molecular flexibility index (Phi) is 11.3. The zero-order valence-electron chi connectivity index (χ0n) is 18.3. The van der Waals surface area contributed by atoms with E-state index >= 15 is 0 Å². The van der Waals surface area contributed by atoms with Crippen LogP contribution in [-0.4, -0.2) is 85.9 Å². The van der Waals surface area contributed by atoms with Crippen molar-refractivity contribution < 1.29 is 9.59 Å². The van der Waals surface area contributed by atoms with E-state index in [1.54, 1.807) is 9.80 Å². The highest BCUT2D eigenvalue weighted by atomic mass is 35.5. The van der Waals surface area contributed by atoms with Gasteiger partial charge in [-0.3, -0.25) is 9.59 Å². The lowest BCUT2D eigenvalue weighted by Gasteiger charge is -2.39. The Labute approximate surface area is 188 Å². The van der Waals surface area contributed by atoms with E-state index in [9.17, 15) is 9.59 Å². The van der Waals surface area contributed by atoms with Crippen LogP contribution in [0.15, 0.2) is 0 Å². The van der Waals surface area contributed by atoms with Gasteiger partial charge >= 0.3 is 11.8 Å². The summed E-state index contributed by atoms with van der Waals surface area (Å²) >= 11 is 0. The highest BCUT2D eigenvalue weighted by Crippen LogP contribution is 2.31. The first-order valence-corrected chi connectivity index (χ1v) is 10.9. The van der Waals surface area contributed by atoms with E-state index in [1.807, 2.05) is 7.05 Å². The maximum Gasteiger partial charge on any atom is 0.312 e. The first-order chi connectivity index (χ1) is 13.0. The lowest BCUT2D eigenvalue weighted by atomic mass is 9.79. The summed E-state index contributed by atoms with van der Waals surface area (Å²) in [4.78, 5) is 31.4. The van der Waals surface area contributed by atoms with Gasteiger partial charge in [-0.05, 0) is 96.4 Å². The molecule has 3 heterocycles. The number of amides is 2. The maximum atomic E-state index is 12.8. The molecule has 1 unspecified atom stereocenters. The third-order valence-corrected chi connectivity index (χ3v) is 7.44. The standard InChI is InChI=1S/C21H38N4O2.2ClH/c1-16(17-6-12-23(2)13-7-17)24(3)20(26)21(27)25-14-8-19(9-15-25)18-4-10-22-11-5-18;;/h16-19,22H,4-15H2,1-3H3;2*1H. The average Bonchev–Trinajstić information content (AvgIpc) is 2.73. The van der Waals surface area contributed by atoms with Gasteiger partial charge in [-0.25, -0.2) is 0 Å². The zero-order valence-corrected chi connectivity index (χ0v) is 19.9. The number of nitrogens with zero attached hydrogens (tertiary/aromatic N) is 3. The molecule has 3 aliphatic heterocycles. The molecule has 0 aliphatic carbocycles. The number of nitrogens with one attached hydrogen (secondary N) is 1. The number of likely N-dealkylation sites (tertiary alicyclic amines) is 2. The van der Waals surface area contributed by atoms with Crippen LogP contribution in [0, 0.1) is 17.8 Å². The van der Waals surface area contributed by atoms with Gasteiger partial charge in [0.15, 0.2) is 0 Å². The Hall–Kier alpha value is -0.560. The van der Waals surface area contributed by atoms with Crippen LogP contribution in [-0.2, 0) is 9.59 Å². The van der Waals surface area contributed by atoms with Crippen molar-refractivity contribution in [2.75, 3.05) is 53.4 Å². The fraction of sp³-hybridized carbons (Fsp3) is 0.905. The topological polar surface area (TPSA) is 55.9 Å². The van der Waals surface area contributed by atoms with E-state index in [0.717, 1.165) is 76.8 Å². The minimum absolute atomic E-state index is 0. The van der Waals surface area contributed by atoms with E-state index in [0.29, 0.717) is 5.92 Å². The summed E-state index contributed by atoms with van der Waals surface area (Å²) < 4.78 is 0. The Morgan fingerprint density at radius 3 is 1.97 bits per heavy atom. The van der Waals surface area contributed by atoms with Gasteiger partial charge in [0.05, 0.1) is 0 Å². The molecule has 0 aromatic rings. The first kappa shape index (κ1) is 26.5. The second-order valence-corrected chi connectivity index (χ2v) is 9.01. The summed E-state index contributed by atoms with van der Waals surface area (Å²) in [6.45, 7) is 8.00. The van der Waals surface area contributed by atoms with Crippen molar-refractivity contribution in [3.63, 3.8) is 0 Å². The number of carbonyl (C=O) groups is 2. The molecule has 3 saturated heterocycles. The predicted molar refractivity (Wildman–Crippen MR) is 122 cm³/mol. The minimum atomic E-state index is -0.318. The van der Waals surface area contributed by atoms with Crippen LogP contribution in [0.2, 0.25) is 0 Å². The number of rotatable bonds is 3. The van der Waals surface area contributed by atoms with E-state index < -0.39 is 0 Å². The van der Waals surface area contributed by atoms with Gasteiger partial charge < -0.3 is 20.0 Å². The van der Waals surface area contributed by atoms with Crippen LogP contribution in [0.3, 0.4) is 0 Å². The first-order valence-electron chi connectivity index (χ1n) is 10.9. The van der Waals surface area contributed by atoms with Crippen LogP contribution in [0.1, 0.15) is 45.4 Å². The molecule has 1 N–H and O–H groups in total. The molecule has 0 aromatic carbocycles. The van der Waals surface area contributed by atoms with E-state index in [-0.39, 0.29) is 42.7 Å². The predicted octanol–water partition coefficient (Wildman–Crippen LogP) is 2.26. The normalized spacial score (nSPS) is 23.6. The molecule has 0 spiro atoms. The Morgan fingerprint density at radius 1 is 0.897 bits per heavy atom. The molecule has 8 heteroatoms. The van der Waals surface area contributed by atoms with Crippen molar-refractivity contribution in [3.05, 3.63) is 0 Å². The number of halogens is 2. The Morgan fingerprint density at radius 2 is 1.41 bits per heavy atom. The van der Waals surface area contributed by atoms with Crippen LogP contribution < -0.4 is 5.32 Å². The summed E-state index contributed by atoms with van der Waals surface area (Å²) in [7, 11) is 3.96. The summed E-state index contributed by atoms with van der Waals surface area (Å²) in [6, 6.07) is 0.127. The Bertz CT molecular complexity index is 515. The highest BCUT2D eigenvalue weighted by Gasteiger charge is 2.35. The molecule has 3 rings (SSSR count). The zero-order chi connectivity index (χ0) is 19.4. The molecule has 2 amide bonds. The average molecular weight is 451 g/mol. The van der Waals surface area contributed by atoms with Gasteiger partial charge in [0, 0.05) is 26.2 Å². The molecule has 0 radical (unpaired) electrons. The molecule has 29 heavy (non-hydrogen) atoms. The van der Waals surface area contributed by atoms with Crippen LogP contribution in [0.4, 0.5) is 0 Å². The molecule has 6 nitrogen and oxygen atoms in total. The van der Waals surface area contributed by atoms with Gasteiger partial charge in [0.1, 0.15) is 0 Å².